The highest BCUT2D eigenvalue weighted by atomic mass is 19.4. The van der Waals surface area contributed by atoms with Crippen LogP contribution in [0.4, 0.5) is 13.2 Å². The second kappa shape index (κ2) is 5.71. The number of hydrogen-bond acceptors (Lipinski definition) is 2. The highest BCUT2D eigenvalue weighted by Crippen LogP contribution is 2.27. The van der Waals surface area contributed by atoms with Crippen LogP contribution in [-0.4, -0.2) is 29.8 Å². The van der Waals surface area contributed by atoms with Gasteiger partial charge in [-0.3, -0.25) is 4.79 Å². The number of carbonyl (C=O) groups is 1. The number of hydrogen-bond donors (Lipinski definition) is 2. The predicted molar refractivity (Wildman–Crippen MR) is 58.3 cm³/mol. The molecule has 0 saturated carbocycles. The van der Waals surface area contributed by atoms with Gasteiger partial charge in [-0.15, -0.1) is 0 Å². The van der Waals surface area contributed by atoms with Gasteiger partial charge in [-0.1, -0.05) is 27.7 Å². The van der Waals surface area contributed by atoms with Crippen molar-refractivity contribution in [3.63, 3.8) is 0 Å². The Labute approximate surface area is 99.4 Å². The van der Waals surface area contributed by atoms with Crippen LogP contribution in [0.15, 0.2) is 0 Å². The molecule has 0 saturated heterocycles. The molecule has 0 aliphatic heterocycles. The molecule has 2 atom stereocenters. The van der Waals surface area contributed by atoms with E-state index in [9.17, 15) is 18.0 Å². The van der Waals surface area contributed by atoms with E-state index in [1.54, 1.807) is 0 Å². The Morgan fingerprint density at radius 1 is 1.29 bits per heavy atom. The fourth-order valence-corrected chi connectivity index (χ4v) is 0.983. The van der Waals surface area contributed by atoms with Gasteiger partial charge < -0.3 is 10.4 Å². The van der Waals surface area contributed by atoms with Crippen molar-refractivity contribution in [1.82, 2.24) is 5.32 Å². The van der Waals surface area contributed by atoms with Crippen LogP contribution in [0.5, 0.6) is 0 Å². The predicted octanol–water partition coefficient (Wildman–Crippen LogP) is 2.10. The molecule has 0 rings (SSSR count). The summed E-state index contributed by atoms with van der Waals surface area (Å²) in [6.45, 7) is 6.93. The van der Waals surface area contributed by atoms with Crippen LogP contribution >= 0.6 is 0 Å². The number of nitrogens with one attached hydrogen (secondary N) is 1. The summed E-state index contributed by atoms with van der Waals surface area (Å²) >= 11 is 0. The summed E-state index contributed by atoms with van der Waals surface area (Å²) in [5, 5.41) is 10.8. The summed E-state index contributed by atoms with van der Waals surface area (Å²) in [6.07, 6.45) is -7.05. The number of rotatable bonds is 4. The van der Waals surface area contributed by atoms with E-state index < -0.39 is 24.7 Å². The van der Waals surface area contributed by atoms with Gasteiger partial charge in [0, 0.05) is 6.42 Å². The Balaban J connectivity index is 4.05. The average molecular weight is 255 g/mol. The first kappa shape index (κ1) is 16.2. The maximum atomic E-state index is 12.0. The molecule has 0 fully saturated rings. The summed E-state index contributed by atoms with van der Waals surface area (Å²) in [4.78, 5) is 11.3. The van der Waals surface area contributed by atoms with E-state index in [2.05, 4.69) is 5.32 Å². The fraction of sp³-hybridized carbons (Fsp3) is 0.909. The van der Waals surface area contributed by atoms with Crippen LogP contribution in [0.2, 0.25) is 0 Å². The SMILES string of the molecule is CC(CC(=O)NCC(O)C(F)(F)F)C(C)(C)C. The molecule has 0 aliphatic carbocycles. The molecule has 1 amide bonds. The van der Waals surface area contributed by atoms with Crippen LogP contribution in [0, 0.1) is 11.3 Å². The lowest BCUT2D eigenvalue weighted by Crippen LogP contribution is -2.41. The van der Waals surface area contributed by atoms with E-state index in [1.807, 2.05) is 27.7 Å². The van der Waals surface area contributed by atoms with Gasteiger partial charge in [0.15, 0.2) is 6.10 Å². The summed E-state index contributed by atoms with van der Waals surface area (Å²) in [6, 6.07) is 0. The standard InChI is InChI=1S/C11H20F3NO2/c1-7(10(2,3)4)5-9(17)15-6-8(16)11(12,13)14/h7-8,16H,5-6H2,1-4H3,(H,15,17). The van der Waals surface area contributed by atoms with Crippen molar-refractivity contribution in [2.45, 2.75) is 46.4 Å². The average Bonchev–Trinajstić information content (AvgIpc) is 2.10. The van der Waals surface area contributed by atoms with Crippen molar-refractivity contribution >= 4 is 5.91 Å². The largest absolute Gasteiger partial charge is 0.416 e. The molecule has 0 aliphatic rings. The van der Waals surface area contributed by atoms with E-state index in [0.717, 1.165) is 0 Å². The molecule has 6 heteroatoms. The molecule has 0 aromatic carbocycles. The van der Waals surface area contributed by atoms with Crippen molar-refractivity contribution in [1.29, 1.82) is 0 Å². The van der Waals surface area contributed by atoms with Crippen LogP contribution in [0.25, 0.3) is 0 Å². The maximum Gasteiger partial charge on any atom is 0.416 e. The van der Waals surface area contributed by atoms with E-state index >= 15 is 0 Å². The molecule has 0 aromatic rings. The third kappa shape index (κ3) is 6.51. The number of amides is 1. The zero-order chi connectivity index (χ0) is 13.9. The monoisotopic (exact) mass is 255 g/mol. The molecular formula is C11H20F3NO2. The molecule has 0 radical (unpaired) electrons. The smallest absolute Gasteiger partial charge is 0.382 e. The maximum absolute atomic E-state index is 12.0. The lowest BCUT2D eigenvalue weighted by molar-refractivity contribution is -0.201. The minimum absolute atomic E-state index is 0.0468. The summed E-state index contributed by atoms with van der Waals surface area (Å²) in [5.41, 5.74) is -0.0833. The first-order valence-electron chi connectivity index (χ1n) is 5.46. The fourth-order valence-electron chi connectivity index (χ4n) is 0.983. The van der Waals surface area contributed by atoms with Gasteiger partial charge in [0.1, 0.15) is 0 Å². The van der Waals surface area contributed by atoms with Gasteiger partial charge in [0.2, 0.25) is 5.91 Å². The van der Waals surface area contributed by atoms with Gasteiger partial charge in [-0.05, 0) is 11.3 Å². The molecule has 2 unspecified atom stereocenters. The van der Waals surface area contributed by atoms with Crippen LogP contribution in [0.3, 0.4) is 0 Å². The number of aliphatic hydroxyl groups excluding tert-OH is 1. The molecule has 0 bridgehead atoms. The normalized spacial score (nSPS) is 16.5. The van der Waals surface area contributed by atoms with E-state index in [1.165, 1.54) is 0 Å². The number of carbonyl (C=O) groups excluding carboxylic acids is 1. The van der Waals surface area contributed by atoms with Crippen molar-refractivity contribution in [2.24, 2.45) is 11.3 Å². The minimum Gasteiger partial charge on any atom is -0.382 e. The zero-order valence-electron chi connectivity index (χ0n) is 10.6. The molecule has 0 spiro atoms. The quantitative estimate of drug-likeness (QED) is 0.808. The van der Waals surface area contributed by atoms with Crippen LogP contribution in [0.1, 0.15) is 34.1 Å². The second-order valence-corrected chi connectivity index (χ2v) is 5.33. The Morgan fingerprint density at radius 2 is 1.76 bits per heavy atom. The molecule has 0 aromatic heterocycles. The number of aliphatic hydroxyl groups is 1. The van der Waals surface area contributed by atoms with Gasteiger partial charge in [-0.25, -0.2) is 0 Å². The van der Waals surface area contributed by atoms with Gasteiger partial charge in [0.25, 0.3) is 0 Å². The molecular weight excluding hydrogens is 235 g/mol. The van der Waals surface area contributed by atoms with Gasteiger partial charge in [0.05, 0.1) is 6.54 Å². The first-order valence-corrected chi connectivity index (χ1v) is 5.46. The molecule has 2 N–H and O–H groups in total. The summed E-state index contributed by atoms with van der Waals surface area (Å²) in [7, 11) is 0. The highest BCUT2D eigenvalue weighted by molar-refractivity contribution is 5.76. The Kier molecular flexibility index (Phi) is 5.45. The minimum atomic E-state index is -4.69. The van der Waals surface area contributed by atoms with Crippen LogP contribution < -0.4 is 5.32 Å². The van der Waals surface area contributed by atoms with E-state index in [4.69, 9.17) is 5.11 Å². The Hall–Kier alpha value is -0.780. The lowest BCUT2D eigenvalue weighted by Gasteiger charge is -2.26. The van der Waals surface area contributed by atoms with Crippen molar-refractivity contribution < 1.29 is 23.1 Å². The number of halogens is 3. The highest BCUT2D eigenvalue weighted by Gasteiger charge is 2.38. The molecule has 102 valence electrons. The third-order valence-electron chi connectivity index (χ3n) is 2.84. The van der Waals surface area contributed by atoms with Gasteiger partial charge in [-0.2, -0.15) is 13.2 Å². The topological polar surface area (TPSA) is 49.3 Å². The van der Waals surface area contributed by atoms with E-state index in [0.29, 0.717) is 0 Å². The Morgan fingerprint density at radius 3 is 2.12 bits per heavy atom. The van der Waals surface area contributed by atoms with Crippen molar-refractivity contribution in [2.75, 3.05) is 6.54 Å². The third-order valence-corrected chi connectivity index (χ3v) is 2.84. The first-order chi connectivity index (χ1) is 7.44. The molecule has 0 heterocycles. The van der Waals surface area contributed by atoms with Crippen LogP contribution in [-0.2, 0) is 4.79 Å². The van der Waals surface area contributed by atoms with E-state index in [-0.39, 0.29) is 17.8 Å². The molecule has 3 nitrogen and oxygen atoms in total. The number of alkyl halides is 3. The lowest BCUT2D eigenvalue weighted by atomic mass is 9.80. The van der Waals surface area contributed by atoms with Gasteiger partial charge >= 0.3 is 6.18 Å². The second-order valence-electron chi connectivity index (χ2n) is 5.33. The summed E-state index contributed by atoms with van der Waals surface area (Å²) < 4.78 is 35.9. The summed E-state index contributed by atoms with van der Waals surface area (Å²) in [5.74, 6) is -0.429. The molecule has 17 heavy (non-hydrogen) atoms. The zero-order valence-corrected chi connectivity index (χ0v) is 10.6. The van der Waals surface area contributed by atoms with Crippen molar-refractivity contribution in [3.05, 3.63) is 0 Å². The Bertz CT molecular complexity index is 258. The van der Waals surface area contributed by atoms with Crippen molar-refractivity contribution in [3.8, 4) is 0 Å².